The summed E-state index contributed by atoms with van der Waals surface area (Å²) in [7, 11) is 0. The highest BCUT2D eigenvalue weighted by molar-refractivity contribution is 7.98. The van der Waals surface area contributed by atoms with Gasteiger partial charge in [0.2, 0.25) is 0 Å². The fourth-order valence-corrected chi connectivity index (χ4v) is 4.53. The number of alkyl halides is 6. The Morgan fingerprint density at radius 3 is 2.16 bits per heavy atom. The molecule has 3 amide bonds. The number of carbonyl (C=O) groups excluding carboxylic acids is 2. The van der Waals surface area contributed by atoms with Crippen molar-refractivity contribution in [1.82, 2.24) is 5.01 Å². The summed E-state index contributed by atoms with van der Waals surface area (Å²) in [5, 5.41) is 5.50. The van der Waals surface area contributed by atoms with E-state index in [0.717, 1.165) is 17.2 Å². The van der Waals surface area contributed by atoms with Crippen molar-refractivity contribution < 1.29 is 35.9 Å². The van der Waals surface area contributed by atoms with Crippen LogP contribution in [0.2, 0.25) is 5.02 Å². The van der Waals surface area contributed by atoms with Crippen LogP contribution in [0.3, 0.4) is 0 Å². The Labute approximate surface area is 218 Å². The van der Waals surface area contributed by atoms with Crippen LogP contribution in [-0.2, 0) is 11.0 Å². The number of halogens is 7. The number of hydrogen-bond donors (Lipinski definition) is 0. The number of hydrogen-bond acceptors (Lipinski definition) is 4. The van der Waals surface area contributed by atoms with E-state index in [1.165, 1.54) is 0 Å². The van der Waals surface area contributed by atoms with Crippen LogP contribution >= 0.6 is 23.4 Å². The molecule has 0 fully saturated rings. The molecule has 0 N–H and O–H groups in total. The summed E-state index contributed by atoms with van der Waals surface area (Å²) < 4.78 is 79.2. The van der Waals surface area contributed by atoms with Crippen LogP contribution < -0.4 is 4.90 Å². The maximum atomic E-state index is 13.4. The fraction of sp³-hybridized carbons (Fsp3) is 0.375. The van der Waals surface area contributed by atoms with E-state index in [1.807, 2.05) is 13.2 Å². The molecule has 0 saturated heterocycles. The second kappa shape index (κ2) is 10.9. The molecule has 0 spiro atoms. The van der Waals surface area contributed by atoms with E-state index in [9.17, 15) is 35.9 Å². The van der Waals surface area contributed by atoms with Gasteiger partial charge in [-0.25, -0.2) is 14.7 Å². The van der Waals surface area contributed by atoms with Crippen LogP contribution in [0.25, 0.3) is 0 Å². The molecule has 1 heterocycles. The van der Waals surface area contributed by atoms with E-state index in [4.69, 9.17) is 11.6 Å². The number of carbonyl (C=O) groups is 2. The number of urea groups is 1. The molecule has 2 aromatic carbocycles. The minimum atomic E-state index is -5.47. The van der Waals surface area contributed by atoms with Crippen molar-refractivity contribution in [3.63, 3.8) is 0 Å². The van der Waals surface area contributed by atoms with E-state index in [2.05, 4.69) is 5.10 Å². The van der Waals surface area contributed by atoms with Gasteiger partial charge < -0.3 is 0 Å². The minimum absolute atomic E-state index is 0.138. The Morgan fingerprint density at radius 2 is 1.65 bits per heavy atom. The molecule has 1 aliphatic rings. The summed E-state index contributed by atoms with van der Waals surface area (Å²) in [6.45, 7) is 1.67. The molecule has 1 atom stereocenters. The number of imide groups is 1. The standard InChI is InChI=1S/C24H22ClF6N3O2S/c1-22(12-3-13-37-2)14-33(32-19(22)15-4-8-17(25)9-5-15)21(36)34(20(35)24(29,30)31)18-10-6-16(7-11-18)23(26,27)28/h4-11H,3,12-14H2,1-2H3. The lowest BCUT2D eigenvalue weighted by Crippen LogP contribution is -2.50. The zero-order chi connectivity index (χ0) is 27.6. The van der Waals surface area contributed by atoms with E-state index in [-0.39, 0.29) is 11.4 Å². The molecule has 37 heavy (non-hydrogen) atoms. The average molecular weight is 566 g/mol. The lowest BCUT2D eigenvalue weighted by atomic mass is 9.78. The number of amides is 3. The maximum absolute atomic E-state index is 13.4. The van der Waals surface area contributed by atoms with Gasteiger partial charge >= 0.3 is 24.3 Å². The van der Waals surface area contributed by atoms with Gasteiger partial charge in [-0.05, 0) is 66.8 Å². The Bertz CT molecular complexity index is 1170. The van der Waals surface area contributed by atoms with Crippen molar-refractivity contribution >= 4 is 46.7 Å². The Hall–Kier alpha value is -2.73. The molecule has 0 aliphatic carbocycles. The van der Waals surface area contributed by atoms with Gasteiger partial charge in [-0.2, -0.15) is 43.2 Å². The number of benzene rings is 2. The van der Waals surface area contributed by atoms with Crippen LogP contribution in [0.5, 0.6) is 0 Å². The molecule has 200 valence electrons. The van der Waals surface area contributed by atoms with Crippen molar-refractivity contribution in [3.8, 4) is 0 Å². The highest BCUT2D eigenvalue weighted by atomic mass is 35.5. The van der Waals surface area contributed by atoms with Gasteiger partial charge in [-0.1, -0.05) is 30.7 Å². The van der Waals surface area contributed by atoms with Crippen molar-refractivity contribution in [2.24, 2.45) is 10.5 Å². The molecule has 0 bridgehead atoms. The SMILES string of the molecule is CSCCCC1(C)CN(C(=O)N(C(=O)C(F)(F)F)c2ccc(C(F)(F)F)cc2)N=C1c1ccc(Cl)cc1. The first-order valence-corrected chi connectivity index (χ1v) is 12.7. The number of hydrazone groups is 1. The van der Waals surface area contributed by atoms with Crippen molar-refractivity contribution in [3.05, 3.63) is 64.7 Å². The smallest absolute Gasteiger partial charge is 0.263 e. The molecule has 0 saturated carbocycles. The second-order valence-corrected chi connectivity index (χ2v) is 10.1. The number of thioether (sulfide) groups is 1. The molecule has 1 unspecified atom stereocenters. The largest absolute Gasteiger partial charge is 0.472 e. The third-order valence-electron chi connectivity index (χ3n) is 5.80. The van der Waals surface area contributed by atoms with Crippen LogP contribution in [0.4, 0.5) is 36.8 Å². The van der Waals surface area contributed by atoms with Gasteiger partial charge in [0.15, 0.2) is 0 Å². The summed E-state index contributed by atoms with van der Waals surface area (Å²) in [6, 6.07) is 7.39. The zero-order valence-corrected chi connectivity index (χ0v) is 21.2. The first-order chi connectivity index (χ1) is 17.2. The van der Waals surface area contributed by atoms with Gasteiger partial charge in [0.25, 0.3) is 0 Å². The van der Waals surface area contributed by atoms with Crippen LogP contribution in [-0.4, -0.2) is 47.4 Å². The molecule has 3 rings (SSSR count). The van der Waals surface area contributed by atoms with E-state index in [1.54, 1.807) is 36.0 Å². The predicted molar refractivity (Wildman–Crippen MR) is 131 cm³/mol. The van der Waals surface area contributed by atoms with E-state index >= 15 is 0 Å². The number of nitrogens with zero attached hydrogens (tertiary/aromatic N) is 3. The summed E-state index contributed by atoms with van der Waals surface area (Å²) in [5.74, 6) is -1.75. The van der Waals surface area contributed by atoms with Gasteiger partial charge in [0.1, 0.15) is 0 Å². The predicted octanol–water partition coefficient (Wildman–Crippen LogP) is 7.24. The molecule has 0 aromatic heterocycles. The lowest BCUT2D eigenvalue weighted by Gasteiger charge is -2.29. The fourth-order valence-electron chi connectivity index (χ4n) is 3.97. The Morgan fingerprint density at radius 1 is 1.05 bits per heavy atom. The van der Waals surface area contributed by atoms with E-state index < -0.39 is 41.0 Å². The molecule has 13 heteroatoms. The summed E-state index contributed by atoms with van der Waals surface area (Å²) in [5.41, 5.74) is -1.57. The Balaban J connectivity index is 2.03. The Kier molecular flexibility index (Phi) is 8.53. The highest BCUT2D eigenvalue weighted by Crippen LogP contribution is 2.38. The monoisotopic (exact) mass is 565 g/mol. The minimum Gasteiger partial charge on any atom is -0.263 e. The second-order valence-electron chi connectivity index (χ2n) is 8.64. The van der Waals surface area contributed by atoms with Crippen molar-refractivity contribution in [1.29, 1.82) is 0 Å². The lowest BCUT2D eigenvalue weighted by molar-refractivity contribution is -0.169. The molecule has 1 aliphatic heterocycles. The van der Waals surface area contributed by atoms with Crippen molar-refractivity contribution in [2.45, 2.75) is 32.1 Å². The quantitative estimate of drug-likeness (QED) is 0.274. The third kappa shape index (κ3) is 6.59. The number of anilines is 1. The molecule has 0 radical (unpaired) electrons. The highest BCUT2D eigenvalue weighted by Gasteiger charge is 2.49. The molecular formula is C24H22ClF6N3O2S. The van der Waals surface area contributed by atoms with E-state index in [0.29, 0.717) is 47.0 Å². The van der Waals surface area contributed by atoms with Gasteiger partial charge in [0.05, 0.1) is 23.5 Å². The molecule has 5 nitrogen and oxygen atoms in total. The van der Waals surface area contributed by atoms with Crippen LogP contribution in [0.15, 0.2) is 53.6 Å². The summed E-state index contributed by atoms with van der Waals surface area (Å²) >= 11 is 7.57. The first-order valence-electron chi connectivity index (χ1n) is 10.9. The maximum Gasteiger partial charge on any atom is 0.472 e. The zero-order valence-electron chi connectivity index (χ0n) is 19.7. The molecular weight excluding hydrogens is 544 g/mol. The molecule has 2 aromatic rings. The van der Waals surface area contributed by atoms with Crippen molar-refractivity contribution in [2.75, 3.05) is 23.5 Å². The normalized spacial score (nSPS) is 18.1. The topological polar surface area (TPSA) is 53.0 Å². The third-order valence-corrected chi connectivity index (χ3v) is 6.75. The van der Waals surface area contributed by atoms with Crippen LogP contribution in [0.1, 0.15) is 30.9 Å². The van der Waals surface area contributed by atoms with Gasteiger partial charge in [0, 0.05) is 10.4 Å². The number of rotatable bonds is 6. The van der Waals surface area contributed by atoms with Crippen LogP contribution in [0, 0.1) is 5.41 Å². The average Bonchev–Trinajstić information content (AvgIpc) is 3.16. The van der Waals surface area contributed by atoms with Gasteiger partial charge in [-0.3, -0.25) is 4.79 Å². The summed E-state index contributed by atoms with van der Waals surface area (Å²) in [6.07, 6.45) is -7.05. The first kappa shape index (κ1) is 28.8. The van der Waals surface area contributed by atoms with Gasteiger partial charge in [-0.15, -0.1) is 0 Å². The summed E-state index contributed by atoms with van der Waals surface area (Å²) in [4.78, 5) is 25.4.